The molecule has 0 unspecified atom stereocenters. The predicted molar refractivity (Wildman–Crippen MR) is 162 cm³/mol. The molecule has 210 valence electrons. The normalized spacial score (nSPS) is 13.3. The summed E-state index contributed by atoms with van der Waals surface area (Å²) in [5.74, 6) is -0.198. The van der Waals surface area contributed by atoms with Gasteiger partial charge in [0.1, 0.15) is 17.7 Å². The molecule has 0 aliphatic carbocycles. The van der Waals surface area contributed by atoms with Crippen molar-refractivity contribution >= 4 is 62.4 Å². The molecule has 8 nitrogen and oxygen atoms in total. The molecular formula is C30H29Cl2FN7O+. The lowest BCUT2D eigenvalue weighted by molar-refractivity contribution is -0.142. The number of aromatic amines is 1. The molecule has 3 aromatic carbocycles. The number of anilines is 1. The summed E-state index contributed by atoms with van der Waals surface area (Å²) in [6.45, 7) is 7.73. The lowest BCUT2D eigenvalue weighted by atomic mass is 9.95. The molecule has 3 heterocycles. The summed E-state index contributed by atoms with van der Waals surface area (Å²) in [5.41, 5.74) is 3.57. The van der Waals surface area contributed by atoms with E-state index in [0.717, 1.165) is 16.5 Å². The van der Waals surface area contributed by atoms with E-state index in [9.17, 15) is 4.79 Å². The van der Waals surface area contributed by atoms with E-state index >= 15 is 4.39 Å². The number of carbonyl (C=O) groups excluding carboxylic acids is 1. The minimum atomic E-state index is -0.517. The number of nitrogens with two attached hydrogens (primary N) is 1. The molecule has 2 aromatic heterocycles. The maximum absolute atomic E-state index is 16.1. The zero-order valence-corrected chi connectivity index (χ0v) is 24.4. The van der Waals surface area contributed by atoms with Gasteiger partial charge in [-0.25, -0.2) is 19.8 Å². The second-order valence-electron chi connectivity index (χ2n) is 9.43. The van der Waals surface area contributed by atoms with Crippen molar-refractivity contribution in [1.29, 1.82) is 0 Å². The minimum Gasteiger partial charge on any atom is -0.352 e. The number of piperazine rings is 1. The van der Waals surface area contributed by atoms with Crippen LogP contribution in [0.5, 0.6) is 0 Å². The third kappa shape index (κ3) is 5.23. The average Bonchev–Trinajstić information content (AvgIpc) is 3.48. The molecule has 1 amide bonds. The highest BCUT2D eigenvalue weighted by Crippen LogP contribution is 2.41. The van der Waals surface area contributed by atoms with Crippen LogP contribution in [-0.2, 0) is 4.79 Å². The summed E-state index contributed by atoms with van der Waals surface area (Å²) in [7, 11) is 0. The molecule has 0 bridgehead atoms. The number of halogens is 3. The van der Waals surface area contributed by atoms with Gasteiger partial charge in [0.15, 0.2) is 5.82 Å². The van der Waals surface area contributed by atoms with Crippen molar-refractivity contribution in [2.24, 2.45) is 0 Å². The largest absolute Gasteiger partial charge is 0.352 e. The molecule has 0 atom stereocenters. The van der Waals surface area contributed by atoms with Crippen molar-refractivity contribution in [3.63, 3.8) is 0 Å². The van der Waals surface area contributed by atoms with Crippen molar-refractivity contribution in [2.75, 3.05) is 31.1 Å². The first kappa shape index (κ1) is 28.4. The first-order valence-electron chi connectivity index (χ1n) is 13.3. The maximum atomic E-state index is 16.1. The van der Waals surface area contributed by atoms with Gasteiger partial charge in [-0.1, -0.05) is 43.1 Å². The van der Waals surface area contributed by atoms with Crippen LogP contribution in [-0.4, -0.2) is 62.9 Å². The smallest absolute Gasteiger partial charge is 0.318 e. The van der Waals surface area contributed by atoms with E-state index in [0.29, 0.717) is 53.5 Å². The summed E-state index contributed by atoms with van der Waals surface area (Å²) in [6.07, 6.45) is 3.02. The van der Waals surface area contributed by atoms with Gasteiger partial charge in [0, 0.05) is 53.1 Å². The van der Waals surface area contributed by atoms with E-state index in [-0.39, 0.29) is 27.7 Å². The monoisotopic (exact) mass is 592 g/mol. The van der Waals surface area contributed by atoms with E-state index in [4.69, 9.17) is 28.6 Å². The van der Waals surface area contributed by atoms with E-state index in [1.807, 2.05) is 37.8 Å². The van der Waals surface area contributed by atoms with Gasteiger partial charge < -0.3 is 9.80 Å². The number of aromatic nitrogens is 4. The van der Waals surface area contributed by atoms with Crippen LogP contribution in [0.2, 0.25) is 10.0 Å². The molecule has 1 aliphatic heterocycles. The fraction of sp³-hybridized carbons (Fsp3) is 0.233. The van der Waals surface area contributed by atoms with Crippen LogP contribution in [0.4, 0.5) is 10.2 Å². The minimum absolute atomic E-state index is 0.164. The van der Waals surface area contributed by atoms with Gasteiger partial charge in [-0.05, 0) is 48.9 Å². The Balaban J connectivity index is 0.00000165. The van der Waals surface area contributed by atoms with Crippen LogP contribution in [0.3, 0.4) is 0 Å². The number of aryl methyl sites for hydroxylation is 1. The van der Waals surface area contributed by atoms with Gasteiger partial charge in [0.05, 0.1) is 22.3 Å². The van der Waals surface area contributed by atoms with Crippen LogP contribution in [0.25, 0.3) is 32.9 Å². The SMILES string of the molecule is CC.Cc1ccc2[nH]ncc2c1-c1c(Cl)cc2c(N3CCN(C(=O)C(=[NH2+])c4ccc(Cl)cc4)CC3)ncnc2c1F. The van der Waals surface area contributed by atoms with Gasteiger partial charge in [-0.2, -0.15) is 5.10 Å². The first-order valence-corrected chi connectivity index (χ1v) is 14.1. The molecule has 11 heteroatoms. The maximum Gasteiger partial charge on any atom is 0.318 e. The van der Waals surface area contributed by atoms with Crippen molar-refractivity contribution < 1.29 is 14.6 Å². The number of rotatable bonds is 4. The second kappa shape index (κ2) is 11.8. The van der Waals surface area contributed by atoms with Crippen LogP contribution >= 0.6 is 23.2 Å². The highest BCUT2D eigenvalue weighted by atomic mass is 35.5. The van der Waals surface area contributed by atoms with Gasteiger partial charge in [-0.15, -0.1) is 0 Å². The lowest BCUT2D eigenvalue weighted by Gasteiger charge is -2.35. The number of hydrogen-bond acceptors (Lipinski definition) is 5. The quantitative estimate of drug-likeness (QED) is 0.290. The summed E-state index contributed by atoms with van der Waals surface area (Å²) in [6, 6.07) is 12.4. The third-order valence-electron chi connectivity index (χ3n) is 7.13. The molecule has 3 N–H and O–H groups in total. The van der Waals surface area contributed by atoms with E-state index in [1.54, 1.807) is 41.4 Å². The summed E-state index contributed by atoms with van der Waals surface area (Å²) in [4.78, 5) is 25.5. The number of H-pyrrole nitrogens is 1. The summed E-state index contributed by atoms with van der Waals surface area (Å²) in [5, 5.41) is 15.3. The van der Waals surface area contributed by atoms with E-state index < -0.39 is 5.82 Å². The fourth-order valence-electron chi connectivity index (χ4n) is 5.10. The molecule has 41 heavy (non-hydrogen) atoms. The molecule has 1 fully saturated rings. The van der Waals surface area contributed by atoms with Gasteiger partial charge in [0.25, 0.3) is 5.71 Å². The van der Waals surface area contributed by atoms with Crippen molar-refractivity contribution in [3.05, 3.63) is 82.0 Å². The average molecular weight is 594 g/mol. The van der Waals surface area contributed by atoms with Gasteiger partial charge in [-0.3, -0.25) is 9.89 Å². The Bertz CT molecular complexity index is 1760. The number of hydrogen-bond donors (Lipinski definition) is 2. The zero-order valence-electron chi connectivity index (χ0n) is 22.9. The number of nitrogens with one attached hydrogen (secondary N) is 1. The number of carbonyl (C=O) groups is 1. The Morgan fingerprint density at radius 1 is 0.976 bits per heavy atom. The van der Waals surface area contributed by atoms with Crippen LogP contribution in [0.15, 0.2) is 55.0 Å². The number of benzene rings is 3. The van der Waals surface area contributed by atoms with Gasteiger partial charge in [0.2, 0.25) is 0 Å². The topological polar surface area (TPSA) is 104 Å². The third-order valence-corrected chi connectivity index (χ3v) is 7.68. The second-order valence-corrected chi connectivity index (χ2v) is 10.3. The van der Waals surface area contributed by atoms with E-state index in [2.05, 4.69) is 20.2 Å². The molecule has 0 saturated carbocycles. The number of fused-ring (bicyclic) bond motifs is 2. The first-order chi connectivity index (χ1) is 19.8. The van der Waals surface area contributed by atoms with Crippen LogP contribution in [0, 0.1) is 12.7 Å². The molecule has 0 radical (unpaired) electrons. The number of nitrogens with zero attached hydrogens (tertiary/aromatic N) is 5. The standard InChI is InChI=1S/C28H22Cl2FN7O.C2H6/c1-15-2-7-21-19(13-35-36-21)22(15)23-20(30)12-18-26(24(23)31)33-14-34-27(18)37-8-10-38(11-9-37)28(39)25(32)16-3-5-17(29)6-4-16;1-2/h2-7,12-14,32H,8-11H2,1H3,(H,35,36);1-2H3/p+1. The Morgan fingerprint density at radius 2 is 1.68 bits per heavy atom. The van der Waals surface area contributed by atoms with Crippen LogP contribution in [0.1, 0.15) is 25.0 Å². The van der Waals surface area contributed by atoms with Crippen molar-refractivity contribution in [3.8, 4) is 11.1 Å². The molecule has 1 saturated heterocycles. The zero-order chi connectivity index (χ0) is 29.3. The van der Waals surface area contributed by atoms with E-state index in [1.165, 1.54) is 6.33 Å². The lowest BCUT2D eigenvalue weighted by Crippen LogP contribution is -2.56. The summed E-state index contributed by atoms with van der Waals surface area (Å²) >= 11 is 12.7. The molecule has 5 aromatic rings. The molecule has 1 aliphatic rings. The Labute approximate surface area is 246 Å². The Morgan fingerprint density at radius 3 is 2.39 bits per heavy atom. The van der Waals surface area contributed by atoms with Crippen molar-refractivity contribution in [1.82, 2.24) is 25.1 Å². The van der Waals surface area contributed by atoms with Crippen LogP contribution < -0.4 is 10.3 Å². The Kier molecular flexibility index (Phi) is 8.19. The number of amides is 1. The van der Waals surface area contributed by atoms with Gasteiger partial charge >= 0.3 is 5.91 Å². The highest BCUT2D eigenvalue weighted by Gasteiger charge is 2.30. The molecular weight excluding hydrogens is 564 g/mol. The molecule has 6 rings (SSSR count). The van der Waals surface area contributed by atoms with Crippen molar-refractivity contribution in [2.45, 2.75) is 20.8 Å². The molecule has 0 spiro atoms. The fourth-order valence-corrected chi connectivity index (χ4v) is 5.51. The Hall–Kier alpha value is -4.08. The highest BCUT2D eigenvalue weighted by molar-refractivity contribution is 6.42. The summed E-state index contributed by atoms with van der Waals surface area (Å²) < 4.78 is 16.1. The predicted octanol–water partition coefficient (Wildman–Crippen LogP) is 4.85.